The van der Waals surface area contributed by atoms with E-state index in [0.717, 1.165) is 0 Å². The Labute approximate surface area is 96.8 Å². The van der Waals surface area contributed by atoms with Crippen LogP contribution in [0.4, 0.5) is 0 Å². The molecule has 0 N–H and O–H groups in total. The molecule has 0 rings (SSSR count). The van der Waals surface area contributed by atoms with Gasteiger partial charge in [0, 0.05) is 45.8 Å². The van der Waals surface area contributed by atoms with Gasteiger partial charge in [-0.05, 0) is 5.53 Å². The van der Waals surface area contributed by atoms with Crippen LogP contribution in [0, 0.1) is 47.1 Å². The van der Waals surface area contributed by atoms with Crippen LogP contribution in [0.2, 0.25) is 0 Å². The minimum Gasteiger partial charge on any atom is -0.346 e. The maximum atomic E-state index is 7.78. The molecule has 0 aromatic heterocycles. The van der Waals surface area contributed by atoms with Gasteiger partial charge < -0.3 is 11.8 Å². The van der Waals surface area contributed by atoms with E-state index in [2.05, 4.69) is 16.3 Å². The van der Waals surface area contributed by atoms with Crippen LogP contribution >= 0.6 is 21.6 Å². The van der Waals surface area contributed by atoms with E-state index in [0.29, 0.717) is 0 Å². The van der Waals surface area contributed by atoms with Crippen molar-refractivity contribution < 1.29 is 40.8 Å². The van der Waals surface area contributed by atoms with Crippen molar-refractivity contribution in [2.24, 2.45) is 5.11 Å². The average molecular weight is 296 g/mol. The maximum absolute atomic E-state index is 7.78. The zero-order valence-corrected chi connectivity index (χ0v) is 10.3. The number of rotatable bonds is 2. The topological polar surface area (TPSA) is 48.8 Å². The Bertz CT molecular complexity index is 99.7. The molecular weight excluding hydrogens is 285 g/mol. The van der Waals surface area contributed by atoms with Gasteiger partial charge in [0.05, 0.1) is 6.65 Å². The predicted molar refractivity (Wildman–Crippen MR) is 42.7 cm³/mol. The van der Waals surface area contributed by atoms with Gasteiger partial charge in [-0.2, -0.15) is 9.84 Å². The van der Waals surface area contributed by atoms with Crippen LogP contribution in [0.25, 0.3) is 10.4 Å². The zero-order chi connectivity index (χ0) is 7.70. The Hall–Kier alpha value is 1.44. The van der Waals surface area contributed by atoms with Crippen molar-refractivity contribution in [3.8, 4) is 0 Å². The summed E-state index contributed by atoms with van der Waals surface area (Å²) in [6.45, 7) is 1.79. The minimum atomic E-state index is -0.0370. The molecule has 0 amide bonds. The Morgan fingerprint density at radius 3 is 2.56 bits per heavy atom. The van der Waals surface area contributed by atoms with E-state index in [1.807, 2.05) is 0 Å². The first-order valence-electron chi connectivity index (χ1n) is 2.34. The molecule has 0 heterocycles. The number of nitrogens with zero attached hydrogens (tertiary/aromatic N) is 3. The fourth-order valence-electron chi connectivity index (χ4n) is 0.106. The summed E-state index contributed by atoms with van der Waals surface area (Å²) >= 11 is 1.28. The van der Waals surface area contributed by atoms with Gasteiger partial charge in [-0.1, -0.05) is 12.0 Å². The molecule has 0 saturated carbocycles. The summed E-state index contributed by atoms with van der Waals surface area (Å²) < 4.78 is 5.67. The van der Waals surface area contributed by atoms with Gasteiger partial charge in [0.15, 0.2) is 0 Å². The smallest absolute Gasteiger partial charge is 0.0511 e. The third-order valence-corrected chi connectivity index (χ3v) is 1.03. The summed E-state index contributed by atoms with van der Waals surface area (Å²) in [6, 6.07) is 0. The fraction of sp³-hybridized carbons (Fsp3) is 0.667. The molecule has 0 aromatic carbocycles. The minimum absolute atomic E-state index is 0. The predicted octanol–water partition coefficient (Wildman–Crippen LogP) is 2.23. The molecule has 6 heteroatoms. The van der Waals surface area contributed by atoms with Crippen LogP contribution in [0.15, 0.2) is 5.11 Å². The van der Waals surface area contributed by atoms with Gasteiger partial charge in [0.1, 0.15) is 0 Å². The first-order valence-corrected chi connectivity index (χ1v) is 2.81. The molecule has 0 saturated heterocycles. The SMILES string of the molecule is [3H]P.[CH2-]S[C@@H](C)N=[N+]=[N-].[Nd]. The summed E-state index contributed by atoms with van der Waals surface area (Å²) in [7, 11) is 1.67. The van der Waals surface area contributed by atoms with Crippen LogP contribution in [0.1, 0.15) is 6.92 Å². The second-order valence-electron chi connectivity index (χ2n) is 0.971. The van der Waals surface area contributed by atoms with E-state index >= 15 is 0 Å². The van der Waals surface area contributed by atoms with Crippen molar-refractivity contribution in [3.05, 3.63) is 16.7 Å². The van der Waals surface area contributed by atoms with Crippen molar-refractivity contribution in [1.29, 1.82) is 1.28 Å². The molecule has 52 valence electrons. The summed E-state index contributed by atoms with van der Waals surface area (Å²) in [6.07, 6.45) is 3.46. The van der Waals surface area contributed by atoms with E-state index < -0.39 is 0 Å². The Balaban J connectivity index is -0.000000149. The third kappa shape index (κ3) is 12.6. The van der Waals surface area contributed by atoms with Crippen LogP contribution in [-0.2, 0) is 0 Å². The van der Waals surface area contributed by atoms with Gasteiger partial charge in [-0.3, -0.25) is 6.26 Å². The van der Waals surface area contributed by atoms with Crippen LogP contribution in [0.5, 0.6) is 0 Å². The van der Waals surface area contributed by atoms with E-state index in [-0.39, 0.29) is 46.2 Å². The van der Waals surface area contributed by atoms with Crippen molar-refractivity contribution in [2.75, 3.05) is 0 Å². The molecule has 0 fully saturated rings. The number of azide groups is 1. The number of thioether (sulfide) groups is 1. The quantitative estimate of drug-likeness (QED) is 0.253. The number of hydrogen-bond acceptors (Lipinski definition) is 2. The first-order chi connectivity index (χ1) is 4.31. The van der Waals surface area contributed by atoms with Crippen molar-refractivity contribution in [1.82, 2.24) is 0 Å². The Morgan fingerprint density at radius 1 is 2.00 bits per heavy atom. The van der Waals surface area contributed by atoms with Gasteiger partial charge in [-0.25, -0.2) is 0 Å². The van der Waals surface area contributed by atoms with Gasteiger partial charge in [0.25, 0.3) is 0 Å². The van der Waals surface area contributed by atoms with Crippen LogP contribution < -0.4 is 0 Å². The number of hydrogen-bond donors (Lipinski definition) is 0. The second-order valence-corrected chi connectivity index (χ2v) is 1.99. The van der Waals surface area contributed by atoms with Crippen molar-refractivity contribution in [3.63, 3.8) is 0 Å². The molecule has 0 aliphatic heterocycles. The third-order valence-electron chi connectivity index (χ3n) is 0.455. The molecule has 9 heavy (non-hydrogen) atoms. The average Bonchev–Trinajstić information content (AvgIpc) is 1.93. The van der Waals surface area contributed by atoms with Crippen molar-refractivity contribution in [2.45, 2.75) is 12.3 Å². The van der Waals surface area contributed by atoms with Crippen LogP contribution in [-0.4, -0.2) is 6.65 Å². The monoisotopic (exact) mass is 294 g/mol. The summed E-state index contributed by atoms with van der Waals surface area (Å²) in [5, 5.41) is 3.29. The molecule has 0 aliphatic rings. The molecule has 0 aromatic rings. The molecule has 0 radical (unpaired) electrons. The summed E-state index contributed by atoms with van der Waals surface area (Å²) in [4.78, 5) is 2.57. The second kappa shape index (κ2) is 12.1. The molecule has 0 bridgehead atoms. The maximum Gasteiger partial charge on any atom is 0.0511 e. The molecule has 3 nitrogen and oxygen atoms in total. The molecule has 0 spiro atoms. The molecule has 2 atom stereocenters. The van der Waals surface area contributed by atoms with E-state index in [9.17, 15) is 0 Å². The van der Waals surface area contributed by atoms with Crippen molar-refractivity contribution >= 4 is 21.6 Å². The standard InChI is InChI=1S/C3H6N3S.Nd.H3P/c1-3(7-2)5-6-4;;/h3H,2H2,1H3;;1H3/q-1;;/t3-;;/m0../s1/i;;1T. The van der Waals surface area contributed by atoms with Crippen LogP contribution in [0.3, 0.4) is 0 Å². The molecule has 1 unspecified atom stereocenters. The Morgan fingerprint density at radius 2 is 2.44 bits per heavy atom. The van der Waals surface area contributed by atoms with E-state index in [1.165, 1.54) is 11.8 Å². The van der Waals surface area contributed by atoms with Gasteiger partial charge in [0.2, 0.25) is 0 Å². The zero-order valence-electron chi connectivity index (χ0n) is 6.11. The first kappa shape index (κ1) is 13.1. The summed E-state index contributed by atoms with van der Waals surface area (Å²) in [5.41, 5.74) is 7.78. The van der Waals surface area contributed by atoms with E-state index in [1.54, 1.807) is 16.8 Å². The summed E-state index contributed by atoms with van der Waals surface area (Å²) in [5.74, 6) is 0. The Kier molecular flexibility index (Phi) is 17.6. The fourth-order valence-corrected chi connectivity index (χ4v) is 0.215. The normalized spacial score (nSPS) is 10.3. The van der Waals surface area contributed by atoms with Gasteiger partial charge >= 0.3 is 0 Å². The van der Waals surface area contributed by atoms with E-state index in [4.69, 9.17) is 6.81 Å². The van der Waals surface area contributed by atoms with Gasteiger partial charge in [-0.15, -0.1) is 0 Å². The largest absolute Gasteiger partial charge is 0.346 e. The molecular formula is C3H9N3NdPS-. The molecule has 0 aliphatic carbocycles.